The Morgan fingerprint density at radius 2 is 1.75 bits per heavy atom. The summed E-state index contributed by atoms with van der Waals surface area (Å²) in [6.07, 6.45) is 12.3. The third-order valence-electron chi connectivity index (χ3n) is 5.54. The Bertz CT molecular complexity index is 1080. The van der Waals surface area contributed by atoms with Crippen LogP contribution in [0.3, 0.4) is 0 Å². The lowest BCUT2D eigenvalue weighted by molar-refractivity contribution is 0.292. The van der Waals surface area contributed by atoms with Crippen molar-refractivity contribution in [2.24, 2.45) is 0 Å². The molecule has 7 heteroatoms. The van der Waals surface area contributed by atoms with Crippen LogP contribution in [0, 0.1) is 0 Å². The van der Waals surface area contributed by atoms with Crippen molar-refractivity contribution in [1.29, 1.82) is 0 Å². The summed E-state index contributed by atoms with van der Waals surface area (Å²) in [4.78, 5) is 16.9. The molecule has 1 aliphatic rings. The van der Waals surface area contributed by atoms with Crippen molar-refractivity contribution in [3.8, 4) is 22.5 Å². The van der Waals surface area contributed by atoms with Crippen LogP contribution in [0.25, 0.3) is 22.5 Å². The van der Waals surface area contributed by atoms with Crippen LogP contribution < -0.4 is 5.73 Å². The van der Waals surface area contributed by atoms with Crippen molar-refractivity contribution in [3.05, 3.63) is 72.6 Å². The van der Waals surface area contributed by atoms with E-state index in [1.165, 1.54) is 12.0 Å². The molecule has 1 fully saturated rings. The van der Waals surface area contributed by atoms with Gasteiger partial charge < -0.3 is 5.73 Å². The molecule has 1 saturated carbocycles. The van der Waals surface area contributed by atoms with Gasteiger partial charge in [-0.15, -0.1) is 0 Å². The van der Waals surface area contributed by atoms with Gasteiger partial charge in [0.15, 0.2) is 0 Å². The first-order valence-corrected chi connectivity index (χ1v) is 9.25. The van der Waals surface area contributed by atoms with Gasteiger partial charge >= 0.3 is 0 Å². The SMILES string of the molecule is Nc1ncc(-c2ccc(C3(c4cc(-c5cccnc5)n[nH]4)CCC3)cn2)cn1. The number of hydrogen-bond acceptors (Lipinski definition) is 6. The zero-order chi connectivity index (χ0) is 19.0. The topological polar surface area (TPSA) is 106 Å². The number of anilines is 1. The number of aromatic amines is 1. The number of aromatic nitrogens is 6. The smallest absolute Gasteiger partial charge is 0.219 e. The summed E-state index contributed by atoms with van der Waals surface area (Å²) in [6, 6.07) is 10.2. The Balaban J connectivity index is 1.47. The molecule has 0 aliphatic heterocycles. The van der Waals surface area contributed by atoms with Crippen LogP contribution in [0.15, 0.2) is 61.3 Å². The molecule has 1 aliphatic carbocycles. The van der Waals surface area contributed by atoms with E-state index in [2.05, 4.69) is 42.3 Å². The minimum Gasteiger partial charge on any atom is -0.368 e. The number of pyridine rings is 2. The standard InChI is InChI=1S/C21H19N7/c22-20-25-11-15(12-26-20)17-5-4-16(13-24-17)21(6-2-7-21)19-9-18(27-28-19)14-3-1-8-23-10-14/h1,3-5,8-13H,2,6-7H2,(H,27,28)(H2,22,25,26). The molecule has 0 unspecified atom stereocenters. The van der Waals surface area contributed by atoms with Crippen molar-refractivity contribution < 1.29 is 0 Å². The molecule has 3 N–H and O–H groups in total. The number of hydrogen-bond donors (Lipinski definition) is 2. The van der Waals surface area contributed by atoms with Gasteiger partial charge in [0.2, 0.25) is 5.95 Å². The molecular weight excluding hydrogens is 350 g/mol. The van der Waals surface area contributed by atoms with E-state index in [0.29, 0.717) is 0 Å². The number of nitrogens with zero attached hydrogens (tertiary/aromatic N) is 5. The van der Waals surface area contributed by atoms with Gasteiger partial charge in [0, 0.05) is 53.2 Å². The summed E-state index contributed by atoms with van der Waals surface area (Å²) in [7, 11) is 0. The second kappa shape index (κ2) is 6.53. The zero-order valence-electron chi connectivity index (χ0n) is 15.2. The molecule has 0 saturated heterocycles. The van der Waals surface area contributed by atoms with E-state index in [4.69, 9.17) is 5.73 Å². The van der Waals surface area contributed by atoms with Gasteiger partial charge in [0.05, 0.1) is 11.4 Å². The van der Waals surface area contributed by atoms with Gasteiger partial charge in [-0.05, 0) is 42.7 Å². The lowest BCUT2D eigenvalue weighted by Crippen LogP contribution is -2.36. The Morgan fingerprint density at radius 1 is 0.893 bits per heavy atom. The monoisotopic (exact) mass is 369 g/mol. The summed E-state index contributed by atoms with van der Waals surface area (Å²) in [5.74, 6) is 0.262. The third kappa shape index (κ3) is 2.72. The molecule has 5 rings (SSSR count). The molecule has 0 atom stereocenters. The van der Waals surface area contributed by atoms with Crippen LogP contribution in [0.4, 0.5) is 5.95 Å². The van der Waals surface area contributed by atoms with Crippen LogP contribution in [-0.4, -0.2) is 30.1 Å². The van der Waals surface area contributed by atoms with Crippen LogP contribution in [0.5, 0.6) is 0 Å². The summed E-state index contributed by atoms with van der Waals surface area (Å²) < 4.78 is 0. The highest BCUT2D eigenvalue weighted by atomic mass is 15.1. The van der Waals surface area contributed by atoms with E-state index in [1.807, 2.05) is 30.6 Å². The maximum atomic E-state index is 5.56. The van der Waals surface area contributed by atoms with E-state index in [0.717, 1.165) is 41.1 Å². The average Bonchev–Trinajstić information content (AvgIpc) is 3.19. The van der Waals surface area contributed by atoms with Crippen LogP contribution in [0.2, 0.25) is 0 Å². The summed E-state index contributed by atoms with van der Waals surface area (Å²) >= 11 is 0. The van der Waals surface area contributed by atoms with E-state index in [9.17, 15) is 0 Å². The fraction of sp³-hybridized carbons (Fsp3) is 0.190. The Labute approximate surface area is 162 Å². The van der Waals surface area contributed by atoms with Gasteiger partial charge in [-0.25, -0.2) is 9.97 Å². The number of nitrogens with two attached hydrogens (primary N) is 1. The van der Waals surface area contributed by atoms with Gasteiger partial charge in [-0.3, -0.25) is 15.1 Å². The first-order valence-electron chi connectivity index (χ1n) is 9.25. The molecule has 138 valence electrons. The summed E-state index contributed by atoms with van der Waals surface area (Å²) in [5.41, 5.74) is 11.4. The lowest BCUT2D eigenvalue weighted by Gasteiger charge is -2.41. The number of H-pyrrole nitrogens is 1. The Morgan fingerprint density at radius 3 is 2.39 bits per heavy atom. The third-order valence-corrected chi connectivity index (χ3v) is 5.54. The molecule has 4 heterocycles. The molecular formula is C21H19N7. The average molecular weight is 369 g/mol. The predicted octanol–water partition coefficient (Wildman–Crippen LogP) is 3.38. The minimum absolute atomic E-state index is 0.0589. The summed E-state index contributed by atoms with van der Waals surface area (Å²) in [5, 5.41) is 7.78. The molecule has 4 aromatic rings. The van der Waals surface area contributed by atoms with Crippen LogP contribution in [0.1, 0.15) is 30.5 Å². The normalized spacial score (nSPS) is 15.1. The lowest BCUT2D eigenvalue weighted by atomic mass is 9.63. The zero-order valence-corrected chi connectivity index (χ0v) is 15.2. The predicted molar refractivity (Wildman–Crippen MR) is 106 cm³/mol. The van der Waals surface area contributed by atoms with Crippen molar-refractivity contribution in [2.75, 3.05) is 5.73 Å². The molecule has 4 aromatic heterocycles. The van der Waals surface area contributed by atoms with Crippen LogP contribution >= 0.6 is 0 Å². The van der Waals surface area contributed by atoms with Crippen molar-refractivity contribution in [2.45, 2.75) is 24.7 Å². The molecule has 0 spiro atoms. The number of rotatable bonds is 4. The highest BCUT2D eigenvalue weighted by molar-refractivity contribution is 5.60. The molecule has 7 nitrogen and oxygen atoms in total. The van der Waals surface area contributed by atoms with Crippen molar-refractivity contribution in [3.63, 3.8) is 0 Å². The van der Waals surface area contributed by atoms with E-state index >= 15 is 0 Å². The maximum Gasteiger partial charge on any atom is 0.219 e. The molecule has 28 heavy (non-hydrogen) atoms. The Kier molecular flexibility index (Phi) is 3.86. The maximum absolute atomic E-state index is 5.56. The van der Waals surface area contributed by atoms with Gasteiger partial charge in [0.25, 0.3) is 0 Å². The quantitative estimate of drug-likeness (QED) is 0.571. The molecule has 0 aromatic carbocycles. The second-order valence-electron chi connectivity index (χ2n) is 7.11. The van der Waals surface area contributed by atoms with Gasteiger partial charge in [-0.1, -0.05) is 12.5 Å². The van der Waals surface area contributed by atoms with Crippen molar-refractivity contribution >= 4 is 5.95 Å². The fourth-order valence-corrected chi connectivity index (χ4v) is 3.79. The van der Waals surface area contributed by atoms with Crippen molar-refractivity contribution in [1.82, 2.24) is 30.1 Å². The molecule has 0 radical (unpaired) electrons. The van der Waals surface area contributed by atoms with Gasteiger partial charge in [0.1, 0.15) is 0 Å². The van der Waals surface area contributed by atoms with Gasteiger partial charge in [-0.2, -0.15) is 5.10 Å². The first-order chi connectivity index (χ1) is 13.7. The number of nitrogens with one attached hydrogen (secondary N) is 1. The molecule has 0 amide bonds. The Hall–Kier alpha value is -3.61. The summed E-state index contributed by atoms with van der Waals surface area (Å²) in [6.45, 7) is 0. The number of nitrogen functional groups attached to an aromatic ring is 1. The minimum atomic E-state index is -0.0589. The molecule has 0 bridgehead atoms. The van der Waals surface area contributed by atoms with E-state index in [1.54, 1.807) is 18.6 Å². The fourth-order valence-electron chi connectivity index (χ4n) is 3.79. The highest BCUT2D eigenvalue weighted by Crippen LogP contribution is 2.48. The van der Waals surface area contributed by atoms with Crippen LogP contribution in [-0.2, 0) is 5.41 Å². The highest BCUT2D eigenvalue weighted by Gasteiger charge is 2.42. The first kappa shape index (κ1) is 16.6. The largest absolute Gasteiger partial charge is 0.368 e. The second-order valence-corrected chi connectivity index (χ2v) is 7.11. The van der Waals surface area contributed by atoms with E-state index < -0.39 is 0 Å². The van der Waals surface area contributed by atoms with E-state index in [-0.39, 0.29) is 11.4 Å².